The molecule has 1 rings (SSSR count). The predicted molar refractivity (Wildman–Crippen MR) is 75.4 cm³/mol. The summed E-state index contributed by atoms with van der Waals surface area (Å²) in [6, 6.07) is 0. The molecule has 1 fully saturated rings. The topological polar surface area (TPSA) is 55.5 Å². The Morgan fingerprint density at radius 2 is 2.06 bits per heavy atom. The van der Waals surface area contributed by atoms with Crippen molar-refractivity contribution in [3.8, 4) is 0 Å². The van der Waals surface area contributed by atoms with Gasteiger partial charge in [0.25, 0.3) is 0 Å². The van der Waals surface area contributed by atoms with Crippen LogP contribution in [0.5, 0.6) is 0 Å². The molecule has 0 amide bonds. The summed E-state index contributed by atoms with van der Waals surface area (Å²) < 4.78 is 6.07. The van der Waals surface area contributed by atoms with Gasteiger partial charge in [0.1, 0.15) is 0 Å². The zero-order valence-electron chi connectivity index (χ0n) is 12.5. The van der Waals surface area contributed by atoms with Crippen LogP contribution in [0.2, 0.25) is 0 Å². The third-order valence-electron chi connectivity index (χ3n) is 4.33. The standard InChI is InChI=1S/C15H31NO2/c1-11(2)13-6-5-12(3)9-14(13)18-8-7-15(4,16)10-17/h11-14,17H,5-10,16H2,1-4H3. The minimum absolute atomic E-state index is 0.0189. The van der Waals surface area contributed by atoms with Crippen LogP contribution in [0.15, 0.2) is 0 Å². The number of hydrogen-bond acceptors (Lipinski definition) is 3. The largest absolute Gasteiger partial charge is 0.394 e. The van der Waals surface area contributed by atoms with Crippen molar-refractivity contribution in [3.05, 3.63) is 0 Å². The molecule has 1 saturated carbocycles. The molecule has 0 bridgehead atoms. The van der Waals surface area contributed by atoms with Crippen LogP contribution in [0.1, 0.15) is 53.4 Å². The molecule has 3 N–H and O–H groups in total. The van der Waals surface area contributed by atoms with Gasteiger partial charge < -0.3 is 15.6 Å². The maximum Gasteiger partial charge on any atom is 0.0609 e. The number of ether oxygens (including phenoxy) is 1. The Kier molecular flexibility index (Phi) is 6.09. The molecule has 4 atom stereocenters. The van der Waals surface area contributed by atoms with Crippen molar-refractivity contribution >= 4 is 0 Å². The van der Waals surface area contributed by atoms with E-state index < -0.39 is 5.54 Å². The third-order valence-corrected chi connectivity index (χ3v) is 4.33. The summed E-state index contributed by atoms with van der Waals surface area (Å²) in [5.74, 6) is 2.14. The Balaban J connectivity index is 2.41. The fraction of sp³-hybridized carbons (Fsp3) is 1.00. The van der Waals surface area contributed by atoms with Gasteiger partial charge in [-0.15, -0.1) is 0 Å². The van der Waals surface area contributed by atoms with E-state index in [4.69, 9.17) is 15.6 Å². The van der Waals surface area contributed by atoms with Crippen molar-refractivity contribution in [2.24, 2.45) is 23.5 Å². The second kappa shape index (κ2) is 6.88. The molecule has 18 heavy (non-hydrogen) atoms. The molecule has 0 aromatic rings. The highest BCUT2D eigenvalue weighted by Crippen LogP contribution is 2.35. The van der Waals surface area contributed by atoms with Crippen molar-refractivity contribution in [1.82, 2.24) is 0 Å². The monoisotopic (exact) mass is 257 g/mol. The second-order valence-electron chi connectivity index (χ2n) is 6.80. The Bertz CT molecular complexity index is 241. The first-order valence-electron chi connectivity index (χ1n) is 7.37. The normalized spacial score (nSPS) is 32.5. The lowest BCUT2D eigenvalue weighted by Crippen LogP contribution is -2.42. The first-order valence-corrected chi connectivity index (χ1v) is 7.37. The number of nitrogens with two attached hydrogens (primary N) is 1. The van der Waals surface area contributed by atoms with E-state index in [1.54, 1.807) is 0 Å². The van der Waals surface area contributed by atoms with Crippen LogP contribution >= 0.6 is 0 Å². The Morgan fingerprint density at radius 3 is 2.61 bits per heavy atom. The molecule has 1 aliphatic rings. The van der Waals surface area contributed by atoms with Gasteiger partial charge in [0.05, 0.1) is 12.7 Å². The first-order chi connectivity index (χ1) is 8.35. The highest BCUT2D eigenvalue weighted by atomic mass is 16.5. The van der Waals surface area contributed by atoms with Crippen LogP contribution in [-0.2, 0) is 4.74 Å². The van der Waals surface area contributed by atoms with E-state index in [1.807, 2.05) is 6.92 Å². The van der Waals surface area contributed by atoms with Crippen LogP contribution < -0.4 is 5.73 Å². The smallest absolute Gasteiger partial charge is 0.0609 e. The van der Waals surface area contributed by atoms with Gasteiger partial charge in [-0.05, 0) is 43.9 Å². The van der Waals surface area contributed by atoms with Crippen LogP contribution in [0.4, 0.5) is 0 Å². The molecule has 4 unspecified atom stereocenters. The highest BCUT2D eigenvalue weighted by Gasteiger charge is 2.31. The maximum absolute atomic E-state index is 9.13. The predicted octanol–water partition coefficient (Wildman–Crippen LogP) is 2.56. The quantitative estimate of drug-likeness (QED) is 0.769. The van der Waals surface area contributed by atoms with Crippen LogP contribution in [-0.4, -0.2) is 30.0 Å². The molecular formula is C15H31NO2. The van der Waals surface area contributed by atoms with Crippen LogP contribution in [0.3, 0.4) is 0 Å². The lowest BCUT2D eigenvalue weighted by Gasteiger charge is -2.37. The Morgan fingerprint density at radius 1 is 1.39 bits per heavy atom. The van der Waals surface area contributed by atoms with Crippen molar-refractivity contribution in [2.45, 2.75) is 65.0 Å². The molecule has 0 aromatic heterocycles. The van der Waals surface area contributed by atoms with E-state index in [2.05, 4.69) is 20.8 Å². The summed E-state index contributed by atoms with van der Waals surface area (Å²) in [5, 5.41) is 9.13. The number of hydrogen-bond donors (Lipinski definition) is 2. The summed E-state index contributed by atoms with van der Waals surface area (Å²) in [6.45, 7) is 9.45. The second-order valence-corrected chi connectivity index (χ2v) is 6.80. The van der Waals surface area contributed by atoms with E-state index in [1.165, 1.54) is 19.3 Å². The van der Waals surface area contributed by atoms with Gasteiger partial charge in [0.15, 0.2) is 0 Å². The molecule has 0 heterocycles. The lowest BCUT2D eigenvalue weighted by molar-refractivity contribution is -0.0447. The summed E-state index contributed by atoms with van der Waals surface area (Å²) in [5.41, 5.74) is 5.42. The van der Waals surface area contributed by atoms with E-state index >= 15 is 0 Å². The van der Waals surface area contributed by atoms with Crippen molar-refractivity contribution in [1.29, 1.82) is 0 Å². The molecule has 3 heteroatoms. The summed E-state index contributed by atoms with van der Waals surface area (Å²) in [7, 11) is 0. The molecule has 1 aliphatic carbocycles. The SMILES string of the molecule is CC1CCC(C(C)C)C(OCCC(C)(N)CO)C1. The van der Waals surface area contributed by atoms with Gasteiger partial charge in [0, 0.05) is 12.1 Å². The number of aliphatic hydroxyl groups excluding tert-OH is 1. The van der Waals surface area contributed by atoms with Gasteiger partial charge in [-0.3, -0.25) is 0 Å². The fourth-order valence-corrected chi connectivity index (χ4v) is 2.83. The number of aliphatic hydroxyl groups is 1. The third kappa shape index (κ3) is 4.87. The molecule has 0 radical (unpaired) electrons. The number of rotatable bonds is 6. The van der Waals surface area contributed by atoms with Gasteiger partial charge in [-0.1, -0.05) is 27.2 Å². The van der Waals surface area contributed by atoms with Crippen LogP contribution in [0, 0.1) is 17.8 Å². The van der Waals surface area contributed by atoms with E-state index in [0.717, 1.165) is 12.3 Å². The minimum Gasteiger partial charge on any atom is -0.394 e. The van der Waals surface area contributed by atoms with Crippen molar-refractivity contribution in [3.63, 3.8) is 0 Å². The summed E-state index contributed by atoms with van der Waals surface area (Å²) in [4.78, 5) is 0. The zero-order chi connectivity index (χ0) is 13.8. The van der Waals surface area contributed by atoms with Gasteiger partial charge >= 0.3 is 0 Å². The van der Waals surface area contributed by atoms with Gasteiger partial charge in [-0.25, -0.2) is 0 Å². The highest BCUT2D eigenvalue weighted by molar-refractivity contribution is 4.82. The van der Waals surface area contributed by atoms with Gasteiger partial charge in [-0.2, -0.15) is 0 Å². The zero-order valence-corrected chi connectivity index (χ0v) is 12.5. The average Bonchev–Trinajstić information content (AvgIpc) is 2.28. The molecule has 0 aromatic carbocycles. The maximum atomic E-state index is 9.13. The van der Waals surface area contributed by atoms with Crippen LogP contribution in [0.25, 0.3) is 0 Å². The van der Waals surface area contributed by atoms with E-state index in [9.17, 15) is 0 Å². The molecule has 0 aliphatic heterocycles. The molecule has 108 valence electrons. The molecule has 3 nitrogen and oxygen atoms in total. The fourth-order valence-electron chi connectivity index (χ4n) is 2.83. The average molecular weight is 257 g/mol. The molecule has 0 saturated heterocycles. The van der Waals surface area contributed by atoms with Crippen molar-refractivity contribution < 1.29 is 9.84 Å². The first kappa shape index (κ1) is 15.9. The summed E-state index contributed by atoms with van der Waals surface area (Å²) in [6.07, 6.45) is 4.88. The Labute approximate surface area is 112 Å². The lowest BCUT2D eigenvalue weighted by atomic mass is 9.75. The van der Waals surface area contributed by atoms with Crippen molar-refractivity contribution in [2.75, 3.05) is 13.2 Å². The van der Waals surface area contributed by atoms with E-state index in [-0.39, 0.29) is 6.61 Å². The van der Waals surface area contributed by atoms with E-state index in [0.29, 0.717) is 24.5 Å². The Hall–Kier alpha value is -0.120. The minimum atomic E-state index is -0.506. The van der Waals surface area contributed by atoms with Gasteiger partial charge in [0.2, 0.25) is 0 Å². The summed E-state index contributed by atoms with van der Waals surface area (Å²) >= 11 is 0. The molecular weight excluding hydrogens is 226 g/mol. The molecule has 0 spiro atoms.